The van der Waals surface area contributed by atoms with Crippen molar-refractivity contribution in [2.45, 2.75) is 0 Å². The summed E-state index contributed by atoms with van der Waals surface area (Å²) in [6.45, 7) is 0. The molecule has 0 nitrogen and oxygen atoms in total. The number of halogens is 6. The van der Waals surface area contributed by atoms with Gasteiger partial charge in [0.05, 0.1) is 0 Å². The van der Waals surface area contributed by atoms with Gasteiger partial charge in [0.25, 0.3) is 0 Å². The van der Waals surface area contributed by atoms with Crippen molar-refractivity contribution >= 4 is 0 Å². The fourth-order valence-electron chi connectivity index (χ4n) is 0. The van der Waals surface area contributed by atoms with Crippen molar-refractivity contribution in [3.05, 3.63) is 0 Å². The van der Waals surface area contributed by atoms with Crippen LogP contribution in [-0.2, 0) is 0 Å². The van der Waals surface area contributed by atoms with Gasteiger partial charge >= 0.3 is 85.1 Å². The average molecular weight is 548 g/mol. The predicted octanol–water partition coefficient (Wildman–Crippen LogP) is -18.0. The van der Waals surface area contributed by atoms with Gasteiger partial charge in [-0.3, -0.25) is 0 Å². The fourth-order valence-corrected chi connectivity index (χ4v) is 0. The van der Waals surface area contributed by atoms with Crippen LogP contribution in [0.1, 0.15) is 0 Å². The Morgan fingerprint density at radius 1 is 0.375 bits per heavy atom. The van der Waals surface area contributed by atoms with Crippen molar-refractivity contribution in [1.82, 2.24) is 0 Å². The molecule has 0 rings (SSSR count). The second kappa shape index (κ2) is 62.3. The molecule has 0 saturated carbocycles. The van der Waals surface area contributed by atoms with Crippen molar-refractivity contribution in [3.63, 3.8) is 0 Å². The predicted molar refractivity (Wildman–Crippen MR) is 0 cm³/mol. The summed E-state index contributed by atoms with van der Waals surface area (Å²) in [6.07, 6.45) is 0. The van der Waals surface area contributed by atoms with Crippen molar-refractivity contribution in [1.29, 1.82) is 0 Å². The maximum atomic E-state index is 0. The SMILES string of the molecule is [Cl-].[Cl-].[Cl-].[Cl-].[Cl-].[Cl-].[Dy+3].[Yb+3]. The van der Waals surface area contributed by atoms with Gasteiger partial charge in [-0.25, -0.2) is 0 Å². The summed E-state index contributed by atoms with van der Waals surface area (Å²) in [6, 6.07) is 0. The first-order valence-corrected chi connectivity index (χ1v) is 0. The second-order valence-corrected chi connectivity index (χ2v) is 0. The normalized spacial score (nSPS) is 0. The van der Waals surface area contributed by atoms with Crippen LogP contribution in [0, 0.1) is 85.1 Å². The van der Waals surface area contributed by atoms with E-state index in [4.69, 9.17) is 0 Å². The van der Waals surface area contributed by atoms with E-state index in [-0.39, 0.29) is 160 Å². The average Bonchev–Trinajstić information content (AvgIpc) is 0. The van der Waals surface area contributed by atoms with E-state index in [2.05, 4.69) is 0 Å². The largest absolute Gasteiger partial charge is 3.00 e. The molecule has 0 spiro atoms. The Kier molecular flexibility index (Phi) is 632. The summed E-state index contributed by atoms with van der Waals surface area (Å²) < 4.78 is 0. The maximum Gasteiger partial charge on any atom is 3.00 e. The van der Waals surface area contributed by atoms with Gasteiger partial charge in [-0.15, -0.1) is 0 Å². The Balaban J connectivity index is 0. The van der Waals surface area contributed by atoms with Gasteiger partial charge in [0.1, 0.15) is 0 Å². The van der Waals surface area contributed by atoms with Crippen LogP contribution in [0.4, 0.5) is 0 Å². The number of hydrogen-bond acceptors (Lipinski definition) is 0. The van der Waals surface area contributed by atoms with Gasteiger partial charge in [0.15, 0.2) is 0 Å². The van der Waals surface area contributed by atoms with E-state index in [1.54, 1.807) is 0 Å². The zero-order chi connectivity index (χ0) is 0. The Labute approximate surface area is 156 Å². The molecule has 0 aliphatic carbocycles. The molecular weight excluding hydrogens is 548 g/mol. The van der Waals surface area contributed by atoms with E-state index in [0.29, 0.717) is 0 Å². The van der Waals surface area contributed by atoms with Crippen molar-refractivity contribution in [3.8, 4) is 0 Å². The Bertz CT molecular complexity index is 8.49. The minimum Gasteiger partial charge on any atom is -1.00 e. The topological polar surface area (TPSA) is 0 Å². The number of rotatable bonds is 0. The van der Waals surface area contributed by atoms with Crippen LogP contribution in [-0.4, -0.2) is 0 Å². The monoisotopic (exact) mass is 548 g/mol. The summed E-state index contributed by atoms with van der Waals surface area (Å²) in [7, 11) is 0. The molecule has 8 heteroatoms. The van der Waals surface area contributed by atoms with Gasteiger partial charge in [0, 0.05) is 0 Å². The zero-order valence-electron chi connectivity index (χ0n) is 2.85. The molecule has 2 radical (unpaired) electrons. The van der Waals surface area contributed by atoms with Crippen LogP contribution in [0.25, 0.3) is 0 Å². The molecule has 0 saturated heterocycles. The van der Waals surface area contributed by atoms with Crippen molar-refractivity contribution in [2.24, 2.45) is 0 Å². The molecule has 66 valence electrons. The fraction of sp³-hybridized carbons (Fsp3) is 0. The molecule has 0 aromatic rings. The molecule has 0 aliphatic heterocycles. The first-order chi connectivity index (χ1) is 0. The quantitative estimate of drug-likeness (QED) is 0.283. The van der Waals surface area contributed by atoms with Crippen LogP contribution >= 0.6 is 0 Å². The molecule has 0 fully saturated rings. The molecule has 0 aromatic heterocycles. The minimum atomic E-state index is 0. The number of hydrogen-bond donors (Lipinski definition) is 0. The molecule has 8 heavy (non-hydrogen) atoms. The van der Waals surface area contributed by atoms with E-state index < -0.39 is 0 Å². The zero-order valence-corrected chi connectivity index (χ0v) is 11.1. The van der Waals surface area contributed by atoms with Crippen LogP contribution in [0.15, 0.2) is 0 Å². The smallest absolute Gasteiger partial charge is 1.00 e. The van der Waals surface area contributed by atoms with Crippen molar-refractivity contribution in [2.75, 3.05) is 0 Å². The van der Waals surface area contributed by atoms with Crippen LogP contribution in [0.5, 0.6) is 0 Å². The van der Waals surface area contributed by atoms with Gasteiger partial charge in [-0.2, -0.15) is 0 Å². The summed E-state index contributed by atoms with van der Waals surface area (Å²) >= 11 is 0. The summed E-state index contributed by atoms with van der Waals surface area (Å²) in [5.74, 6) is 0. The van der Waals surface area contributed by atoms with Gasteiger partial charge < -0.3 is 74.4 Å². The molecule has 0 unspecified atom stereocenters. The Hall–Kier alpha value is 4.53. The summed E-state index contributed by atoms with van der Waals surface area (Å²) in [4.78, 5) is 0. The van der Waals surface area contributed by atoms with Gasteiger partial charge in [0.2, 0.25) is 0 Å². The molecule has 0 N–H and O–H groups in total. The minimum absolute atomic E-state index is 0. The summed E-state index contributed by atoms with van der Waals surface area (Å²) in [5.41, 5.74) is 0. The molecule has 0 bridgehead atoms. The Morgan fingerprint density at radius 2 is 0.375 bits per heavy atom. The first kappa shape index (κ1) is 81.1. The molecule has 0 aromatic carbocycles. The van der Waals surface area contributed by atoms with E-state index in [9.17, 15) is 0 Å². The molecule has 0 atom stereocenters. The maximum absolute atomic E-state index is 0. The van der Waals surface area contributed by atoms with Gasteiger partial charge in [-0.1, -0.05) is 0 Å². The molecule has 0 amide bonds. The van der Waals surface area contributed by atoms with E-state index in [1.807, 2.05) is 0 Å². The van der Waals surface area contributed by atoms with Crippen molar-refractivity contribution < 1.29 is 160 Å². The van der Waals surface area contributed by atoms with Crippen LogP contribution < -0.4 is 74.4 Å². The van der Waals surface area contributed by atoms with Crippen LogP contribution in [0.3, 0.4) is 0 Å². The summed E-state index contributed by atoms with van der Waals surface area (Å²) in [5, 5.41) is 0. The van der Waals surface area contributed by atoms with Crippen LogP contribution in [0.2, 0.25) is 0 Å². The third kappa shape index (κ3) is 46.6. The second-order valence-electron chi connectivity index (χ2n) is 0. The van der Waals surface area contributed by atoms with E-state index in [0.717, 1.165) is 0 Å². The Morgan fingerprint density at radius 3 is 0.375 bits per heavy atom. The first-order valence-electron chi connectivity index (χ1n) is 0. The standard InChI is InChI=1S/6ClH.Dy.Yb/h6*1H;;/q;;;;;;2*+3/p-6. The van der Waals surface area contributed by atoms with Gasteiger partial charge in [-0.05, 0) is 0 Å². The molecule has 0 aliphatic rings. The molecule has 0 heterocycles. The third-order valence-electron chi connectivity index (χ3n) is 0. The van der Waals surface area contributed by atoms with E-state index in [1.165, 1.54) is 0 Å². The van der Waals surface area contributed by atoms with E-state index >= 15 is 0 Å². The molecular formula is Cl6DyYb. The third-order valence-corrected chi connectivity index (χ3v) is 0.